The molecule has 0 bridgehead atoms. The number of carbonyl (C=O) groups excluding carboxylic acids is 2. The normalized spacial score (nSPS) is 10.4. The average molecular weight is 389 g/mol. The molecule has 148 valence electrons. The quantitative estimate of drug-likeness (QED) is 0.504. The molecule has 0 atom stereocenters. The molecule has 0 aliphatic heterocycles. The molecule has 5 nitrogen and oxygen atoms in total. The van der Waals surface area contributed by atoms with Crippen LogP contribution in [0.3, 0.4) is 0 Å². The highest BCUT2D eigenvalue weighted by atomic mass is 16.6. The van der Waals surface area contributed by atoms with Gasteiger partial charge >= 0.3 is 11.9 Å². The van der Waals surface area contributed by atoms with Gasteiger partial charge in [-0.25, -0.2) is 9.59 Å². The Kier molecular flexibility index (Phi) is 6.42. The molecule has 0 aliphatic carbocycles. The van der Waals surface area contributed by atoms with Crippen molar-refractivity contribution in [3.05, 3.63) is 94.5 Å². The smallest absolute Gasteiger partial charge is 0.343 e. The molecule has 0 amide bonds. The molecule has 0 radical (unpaired) electrons. The highest BCUT2D eigenvalue weighted by molar-refractivity contribution is 5.93. The fourth-order valence-electron chi connectivity index (χ4n) is 2.74. The number of nitrogens with two attached hydrogens (primary N) is 1. The van der Waals surface area contributed by atoms with E-state index in [1.165, 1.54) is 0 Å². The van der Waals surface area contributed by atoms with Crippen LogP contribution >= 0.6 is 0 Å². The number of ether oxygens (including phenoxy) is 2. The fourth-order valence-corrected chi connectivity index (χ4v) is 2.74. The van der Waals surface area contributed by atoms with Gasteiger partial charge in [0.1, 0.15) is 0 Å². The predicted octanol–water partition coefficient (Wildman–Crippen LogP) is 4.24. The van der Waals surface area contributed by atoms with E-state index in [2.05, 4.69) is 0 Å². The van der Waals surface area contributed by atoms with Gasteiger partial charge in [-0.2, -0.15) is 0 Å². The summed E-state index contributed by atoms with van der Waals surface area (Å²) in [6, 6.07) is 19.2. The van der Waals surface area contributed by atoms with Crippen molar-refractivity contribution in [3.8, 4) is 11.5 Å². The van der Waals surface area contributed by atoms with Crippen LogP contribution in [0, 0.1) is 13.8 Å². The summed E-state index contributed by atoms with van der Waals surface area (Å²) in [6.45, 7) is 4.33. The van der Waals surface area contributed by atoms with Crippen molar-refractivity contribution in [1.82, 2.24) is 0 Å². The number of hydrogen-bond donors (Lipinski definition) is 1. The lowest BCUT2D eigenvalue weighted by atomic mass is 10.1. The van der Waals surface area contributed by atoms with Gasteiger partial charge in [-0.3, -0.25) is 0 Å². The topological polar surface area (TPSA) is 78.6 Å². The van der Waals surface area contributed by atoms with Crippen molar-refractivity contribution in [2.24, 2.45) is 5.73 Å². The van der Waals surface area contributed by atoms with E-state index in [-0.39, 0.29) is 11.5 Å². The standard InChI is InChI=1S/C24H23NO4/c1-16-3-8-19(9-4-16)23(26)28-21-12-7-18(13-14-25)15-22(21)29-24(27)20-10-5-17(2)6-11-20/h3-12,15H,13-14,25H2,1-2H3. The van der Waals surface area contributed by atoms with E-state index in [9.17, 15) is 9.59 Å². The second kappa shape index (κ2) is 9.17. The molecule has 3 aromatic rings. The van der Waals surface area contributed by atoms with Gasteiger partial charge in [-0.15, -0.1) is 0 Å². The van der Waals surface area contributed by atoms with E-state index < -0.39 is 11.9 Å². The highest BCUT2D eigenvalue weighted by Crippen LogP contribution is 2.30. The molecule has 0 unspecified atom stereocenters. The summed E-state index contributed by atoms with van der Waals surface area (Å²) < 4.78 is 11.1. The summed E-state index contributed by atoms with van der Waals surface area (Å²) in [6.07, 6.45) is 0.612. The molecule has 0 saturated heterocycles. The minimum Gasteiger partial charge on any atom is -0.419 e. The number of hydrogen-bond acceptors (Lipinski definition) is 5. The number of aryl methyl sites for hydroxylation is 2. The molecule has 2 N–H and O–H groups in total. The maximum absolute atomic E-state index is 12.6. The van der Waals surface area contributed by atoms with E-state index in [4.69, 9.17) is 15.2 Å². The summed E-state index contributed by atoms with van der Waals surface area (Å²) in [5, 5.41) is 0. The van der Waals surface area contributed by atoms with E-state index in [0.29, 0.717) is 24.1 Å². The second-order valence-electron chi connectivity index (χ2n) is 6.83. The van der Waals surface area contributed by atoms with Crippen LogP contribution < -0.4 is 15.2 Å². The Morgan fingerprint density at radius 2 is 1.21 bits per heavy atom. The summed E-state index contributed by atoms with van der Waals surface area (Å²) in [5.74, 6) is -0.689. The first-order chi connectivity index (χ1) is 14.0. The Labute approximate surface area is 170 Å². The summed E-state index contributed by atoms with van der Waals surface area (Å²) in [5.41, 5.74) is 9.42. The first-order valence-corrected chi connectivity index (χ1v) is 9.37. The van der Waals surface area contributed by atoms with Crippen LogP contribution in [-0.4, -0.2) is 18.5 Å². The fraction of sp³-hybridized carbons (Fsp3) is 0.167. The van der Waals surface area contributed by atoms with Gasteiger partial charge < -0.3 is 15.2 Å². The average Bonchev–Trinajstić information content (AvgIpc) is 2.71. The summed E-state index contributed by atoms with van der Waals surface area (Å²) in [4.78, 5) is 25.1. The van der Waals surface area contributed by atoms with Crippen LogP contribution in [0.2, 0.25) is 0 Å². The Balaban J connectivity index is 1.86. The SMILES string of the molecule is Cc1ccc(C(=O)Oc2ccc(CCN)cc2OC(=O)c2ccc(C)cc2)cc1. The third-order valence-corrected chi connectivity index (χ3v) is 4.42. The van der Waals surface area contributed by atoms with Crippen LogP contribution in [0.15, 0.2) is 66.7 Å². The van der Waals surface area contributed by atoms with Crippen molar-refractivity contribution >= 4 is 11.9 Å². The number of esters is 2. The zero-order chi connectivity index (χ0) is 20.8. The van der Waals surface area contributed by atoms with Crippen LogP contribution in [0.25, 0.3) is 0 Å². The molecular formula is C24H23NO4. The maximum Gasteiger partial charge on any atom is 0.343 e. The number of benzene rings is 3. The van der Waals surface area contributed by atoms with Gasteiger partial charge in [0.2, 0.25) is 0 Å². The molecule has 5 heteroatoms. The van der Waals surface area contributed by atoms with Gasteiger partial charge in [-0.05, 0) is 68.8 Å². The minimum atomic E-state index is -0.525. The van der Waals surface area contributed by atoms with Crippen LogP contribution in [0.5, 0.6) is 11.5 Å². The number of carbonyl (C=O) groups is 2. The largest absolute Gasteiger partial charge is 0.419 e. The van der Waals surface area contributed by atoms with Crippen molar-refractivity contribution in [2.45, 2.75) is 20.3 Å². The van der Waals surface area contributed by atoms with Crippen LogP contribution in [0.1, 0.15) is 37.4 Å². The molecule has 0 saturated carbocycles. The third kappa shape index (κ3) is 5.30. The van der Waals surface area contributed by atoms with Crippen LogP contribution in [-0.2, 0) is 6.42 Å². The molecule has 0 fully saturated rings. The monoisotopic (exact) mass is 389 g/mol. The Morgan fingerprint density at radius 1 is 0.724 bits per heavy atom. The lowest BCUT2D eigenvalue weighted by molar-refractivity contribution is 0.0682. The zero-order valence-electron chi connectivity index (χ0n) is 16.5. The Bertz CT molecular complexity index is 1010. The van der Waals surface area contributed by atoms with Crippen molar-refractivity contribution in [2.75, 3.05) is 6.54 Å². The lowest BCUT2D eigenvalue weighted by Gasteiger charge is -2.12. The van der Waals surface area contributed by atoms with E-state index in [1.807, 2.05) is 38.1 Å². The molecule has 29 heavy (non-hydrogen) atoms. The lowest BCUT2D eigenvalue weighted by Crippen LogP contribution is -2.13. The molecule has 3 aromatic carbocycles. The van der Waals surface area contributed by atoms with E-state index >= 15 is 0 Å². The molecule has 0 spiro atoms. The molecular weight excluding hydrogens is 366 g/mol. The Morgan fingerprint density at radius 3 is 1.69 bits per heavy atom. The van der Waals surface area contributed by atoms with E-state index in [1.54, 1.807) is 42.5 Å². The zero-order valence-corrected chi connectivity index (χ0v) is 16.5. The van der Waals surface area contributed by atoms with Gasteiger partial charge in [-0.1, -0.05) is 41.5 Å². The van der Waals surface area contributed by atoms with Crippen molar-refractivity contribution < 1.29 is 19.1 Å². The molecule has 0 aliphatic rings. The highest BCUT2D eigenvalue weighted by Gasteiger charge is 2.17. The molecule has 3 rings (SSSR count). The van der Waals surface area contributed by atoms with Gasteiger partial charge in [0.05, 0.1) is 11.1 Å². The summed E-state index contributed by atoms with van der Waals surface area (Å²) >= 11 is 0. The van der Waals surface area contributed by atoms with Gasteiger partial charge in [0, 0.05) is 0 Å². The summed E-state index contributed by atoms with van der Waals surface area (Å²) in [7, 11) is 0. The second-order valence-corrected chi connectivity index (χ2v) is 6.83. The Hall–Kier alpha value is -3.44. The van der Waals surface area contributed by atoms with Gasteiger partial charge in [0.25, 0.3) is 0 Å². The molecule has 0 heterocycles. The van der Waals surface area contributed by atoms with Crippen molar-refractivity contribution in [1.29, 1.82) is 0 Å². The third-order valence-electron chi connectivity index (χ3n) is 4.42. The molecule has 0 aromatic heterocycles. The van der Waals surface area contributed by atoms with E-state index in [0.717, 1.165) is 16.7 Å². The maximum atomic E-state index is 12.6. The minimum absolute atomic E-state index is 0.178. The van der Waals surface area contributed by atoms with Crippen LogP contribution in [0.4, 0.5) is 0 Å². The van der Waals surface area contributed by atoms with Crippen molar-refractivity contribution in [3.63, 3.8) is 0 Å². The van der Waals surface area contributed by atoms with Gasteiger partial charge in [0.15, 0.2) is 11.5 Å². The first kappa shape index (κ1) is 20.3. The predicted molar refractivity (Wildman–Crippen MR) is 111 cm³/mol. The number of rotatable bonds is 6. The first-order valence-electron chi connectivity index (χ1n) is 9.37.